The van der Waals surface area contributed by atoms with E-state index in [-0.39, 0.29) is 17.2 Å². The van der Waals surface area contributed by atoms with Crippen LogP contribution in [-0.4, -0.2) is 14.5 Å². The fourth-order valence-corrected chi connectivity index (χ4v) is 1.46. The van der Waals surface area contributed by atoms with E-state index in [0.717, 1.165) is 6.20 Å². The molecular formula is C10H8FN3O2. The van der Waals surface area contributed by atoms with Gasteiger partial charge in [-0.25, -0.2) is 13.9 Å². The number of halogens is 1. The summed E-state index contributed by atoms with van der Waals surface area (Å²) in [6.45, 7) is 0. The normalized spacial score (nSPS) is 10.4. The van der Waals surface area contributed by atoms with Crippen molar-refractivity contribution in [3.05, 3.63) is 46.4 Å². The molecule has 0 bridgehead atoms. The molecule has 0 amide bonds. The highest BCUT2D eigenvalue weighted by atomic mass is 19.1. The van der Waals surface area contributed by atoms with Gasteiger partial charge in [0, 0.05) is 0 Å². The van der Waals surface area contributed by atoms with Crippen LogP contribution in [0.15, 0.2) is 30.5 Å². The standard InChI is InChI=1S/C10H8FN3O2/c1-13-9(14(15)16)6-12-10(13)7-4-2-3-5-8(7)11/h2-6H,1H3. The Morgan fingerprint density at radius 1 is 1.44 bits per heavy atom. The topological polar surface area (TPSA) is 61.0 Å². The zero-order valence-corrected chi connectivity index (χ0v) is 8.42. The maximum Gasteiger partial charge on any atom is 0.342 e. The number of rotatable bonds is 2. The third-order valence-corrected chi connectivity index (χ3v) is 2.27. The molecule has 0 radical (unpaired) electrons. The maximum absolute atomic E-state index is 13.4. The first-order valence-electron chi connectivity index (χ1n) is 4.52. The molecule has 2 aromatic rings. The first-order valence-corrected chi connectivity index (χ1v) is 4.52. The lowest BCUT2D eigenvalue weighted by atomic mass is 10.2. The number of imidazole rings is 1. The smallest absolute Gasteiger partial charge is 0.342 e. The van der Waals surface area contributed by atoms with Crippen LogP contribution in [0.3, 0.4) is 0 Å². The Hall–Kier alpha value is -2.24. The van der Waals surface area contributed by atoms with Crippen molar-refractivity contribution in [2.75, 3.05) is 0 Å². The maximum atomic E-state index is 13.4. The van der Waals surface area contributed by atoms with Gasteiger partial charge in [-0.15, -0.1) is 0 Å². The summed E-state index contributed by atoms with van der Waals surface area (Å²) in [7, 11) is 1.48. The number of nitrogens with zero attached hydrogens (tertiary/aromatic N) is 3. The molecule has 0 saturated heterocycles. The highest BCUT2D eigenvalue weighted by Gasteiger charge is 2.19. The molecule has 0 N–H and O–H groups in total. The summed E-state index contributed by atoms with van der Waals surface area (Å²) in [5.74, 6) is -0.380. The summed E-state index contributed by atoms with van der Waals surface area (Å²) < 4.78 is 14.7. The predicted octanol–water partition coefficient (Wildman–Crippen LogP) is 2.13. The molecule has 1 aromatic carbocycles. The lowest BCUT2D eigenvalue weighted by molar-refractivity contribution is -0.391. The molecule has 0 aliphatic carbocycles. The molecule has 2 rings (SSSR count). The minimum Gasteiger partial charge on any atom is -0.358 e. The van der Waals surface area contributed by atoms with Crippen LogP contribution >= 0.6 is 0 Å². The quantitative estimate of drug-likeness (QED) is 0.576. The van der Waals surface area contributed by atoms with Crippen molar-refractivity contribution in [3.63, 3.8) is 0 Å². The molecule has 5 nitrogen and oxygen atoms in total. The van der Waals surface area contributed by atoms with Crippen LogP contribution in [0, 0.1) is 15.9 Å². The third kappa shape index (κ3) is 1.54. The third-order valence-electron chi connectivity index (χ3n) is 2.27. The van der Waals surface area contributed by atoms with E-state index < -0.39 is 10.7 Å². The second kappa shape index (κ2) is 3.73. The van der Waals surface area contributed by atoms with E-state index in [1.54, 1.807) is 12.1 Å². The number of hydrogen-bond donors (Lipinski definition) is 0. The van der Waals surface area contributed by atoms with E-state index in [1.807, 2.05) is 0 Å². The molecule has 0 aliphatic heterocycles. The summed E-state index contributed by atoms with van der Waals surface area (Å²) in [5, 5.41) is 10.6. The van der Waals surface area contributed by atoms with Gasteiger partial charge in [0.15, 0.2) is 0 Å². The summed E-state index contributed by atoms with van der Waals surface area (Å²) in [4.78, 5) is 13.9. The molecule has 0 aliphatic rings. The van der Waals surface area contributed by atoms with Crippen LogP contribution < -0.4 is 0 Å². The second-order valence-corrected chi connectivity index (χ2v) is 3.24. The van der Waals surface area contributed by atoms with Gasteiger partial charge in [0.05, 0.1) is 12.6 Å². The molecule has 16 heavy (non-hydrogen) atoms. The van der Waals surface area contributed by atoms with Gasteiger partial charge in [0.25, 0.3) is 0 Å². The van der Waals surface area contributed by atoms with Gasteiger partial charge in [-0.2, -0.15) is 0 Å². The van der Waals surface area contributed by atoms with E-state index in [4.69, 9.17) is 0 Å². The highest BCUT2D eigenvalue weighted by molar-refractivity contribution is 5.58. The Balaban J connectivity index is 2.58. The first-order chi connectivity index (χ1) is 7.61. The molecule has 82 valence electrons. The molecule has 0 unspecified atom stereocenters. The minimum atomic E-state index is -0.558. The fraction of sp³-hybridized carbons (Fsp3) is 0.100. The van der Waals surface area contributed by atoms with Gasteiger partial charge in [0.1, 0.15) is 12.0 Å². The highest BCUT2D eigenvalue weighted by Crippen LogP contribution is 2.24. The molecule has 0 atom stereocenters. The Morgan fingerprint density at radius 2 is 2.12 bits per heavy atom. The number of nitro groups is 1. The summed E-state index contributed by atoms with van der Waals surface area (Å²) in [6.07, 6.45) is 1.11. The Kier molecular flexibility index (Phi) is 2.40. The van der Waals surface area contributed by atoms with Crippen molar-refractivity contribution in [1.29, 1.82) is 0 Å². The van der Waals surface area contributed by atoms with E-state index in [9.17, 15) is 14.5 Å². The summed E-state index contributed by atoms with van der Waals surface area (Å²) in [5.41, 5.74) is 0.248. The minimum absolute atomic E-state index is 0.168. The van der Waals surface area contributed by atoms with Gasteiger partial charge in [-0.05, 0) is 17.1 Å². The monoisotopic (exact) mass is 221 g/mol. The SMILES string of the molecule is Cn1c([N+](=O)[O-])cnc1-c1ccccc1F. The molecule has 0 spiro atoms. The van der Waals surface area contributed by atoms with Crippen molar-refractivity contribution >= 4 is 5.82 Å². The second-order valence-electron chi connectivity index (χ2n) is 3.24. The van der Waals surface area contributed by atoms with Crippen LogP contribution in [0.2, 0.25) is 0 Å². The largest absolute Gasteiger partial charge is 0.358 e. The Morgan fingerprint density at radius 3 is 2.69 bits per heavy atom. The van der Waals surface area contributed by atoms with Crippen molar-refractivity contribution in [2.24, 2.45) is 7.05 Å². The van der Waals surface area contributed by atoms with Crippen molar-refractivity contribution in [2.45, 2.75) is 0 Å². The summed E-state index contributed by atoms with van der Waals surface area (Å²) >= 11 is 0. The van der Waals surface area contributed by atoms with Crippen molar-refractivity contribution < 1.29 is 9.31 Å². The van der Waals surface area contributed by atoms with Crippen LogP contribution in [0.4, 0.5) is 10.2 Å². The molecule has 0 fully saturated rings. The van der Waals surface area contributed by atoms with Gasteiger partial charge in [-0.3, -0.25) is 0 Å². The van der Waals surface area contributed by atoms with Gasteiger partial charge in [-0.1, -0.05) is 12.1 Å². The van der Waals surface area contributed by atoms with E-state index in [0.29, 0.717) is 0 Å². The zero-order chi connectivity index (χ0) is 11.7. The van der Waals surface area contributed by atoms with Crippen LogP contribution in [0.5, 0.6) is 0 Å². The van der Waals surface area contributed by atoms with Gasteiger partial charge >= 0.3 is 5.82 Å². The number of hydrogen-bond acceptors (Lipinski definition) is 3. The Labute approximate surface area is 90.3 Å². The van der Waals surface area contributed by atoms with Crippen LogP contribution in [0.25, 0.3) is 11.4 Å². The summed E-state index contributed by atoms with van der Waals surface area (Å²) in [6, 6.07) is 6.02. The molecule has 1 aromatic heterocycles. The van der Waals surface area contributed by atoms with E-state index >= 15 is 0 Å². The lowest BCUT2D eigenvalue weighted by Crippen LogP contribution is -1.99. The Bertz CT molecular complexity index is 551. The van der Waals surface area contributed by atoms with E-state index in [1.165, 1.54) is 23.7 Å². The lowest BCUT2D eigenvalue weighted by Gasteiger charge is -1.99. The number of aromatic nitrogens is 2. The zero-order valence-electron chi connectivity index (χ0n) is 8.42. The van der Waals surface area contributed by atoms with Crippen molar-refractivity contribution in [3.8, 4) is 11.4 Å². The molecule has 0 saturated carbocycles. The molecule has 1 heterocycles. The van der Waals surface area contributed by atoms with Crippen molar-refractivity contribution in [1.82, 2.24) is 9.55 Å². The number of benzene rings is 1. The average molecular weight is 221 g/mol. The van der Waals surface area contributed by atoms with E-state index in [2.05, 4.69) is 4.98 Å². The van der Waals surface area contributed by atoms with Crippen LogP contribution in [0.1, 0.15) is 0 Å². The first kappa shape index (κ1) is 10.3. The average Bonchev–Trinajstić information content (AvgIpc) is 2.61. The fourth-order valence-electron chi connectivity index (χ4n) is 1.46. The molecular weight excluding hydrogens is 213 g/mol. The molecule has 6 heteroatoms. The van der Waals surface area contributed by atoms with Gasteiger partial charge in [0.2, 0.25) is 5.82 Å². The van der Waals surface area contributed by atoms with Crippen LogP contribution in [-0.2, 0) is 7.05 Å². The predicted molar refractivity (Wildman–Crippen MR) is 55.3 cm³/mol. The van der Waals surface area contributed by atoms with Gasteiger partial charge < -0.3 is 10.1 Å².